The van der Waals surface area contributed by atoms with Crippen LogP contribution in [-0.2, 0) is 4.79 Å². The number of carboxylic acids is 1. The van der Waals surface area contributed by atoms with Crippen molar-refractivity contribution in [3.63, 3.8) is 0 Å². The van der Waals surface area contributed by atoms with Crippen molar-refractivity contribution in [1.82, 2.24) is 5.43 Å². The van der Waals surface area contributed by atoms with E-state index in [9.17, 15) is 9.59 Å². The normalized spacial score (nSPS) is 14.8. The summed E-state index contributed by atoms with van der Waals surface area (Å²) in [6.45, 7) is 0. The first-order valence-electron chi connectivity index (χ1n) is 5.33. The minimum Gasteiger partial charge on any atom is -0.478 e. The first kappa shape index (κ1) is 11.3. The van der Waals surface area contributed by atoms with Crippen LogP contribution in [0.2, 0.25) is 0 Å². The zero-order chi connectivity index (χ0) is 12.3. The molecule has 0 spiro atoms. The van der Waals surface area contributed by atoms with E-state index in [0.717, 1.165) is 18.4 Å². The van der Waals surface area contributed by atoms with Crippen molar-refractivity contribution in [2.45, 2.75) is 12.8 Å². The fourth-order valence-corrected chi connectivity index (χ4v) is 1.32. The largest absolute Gasteiger partial charge is 0.478 e. The highest BCUT2D eigenvalue weighted by Gasteiger charge is 2.29. The van der Waals surface area contributed by atoms with Gasteiger partial charge in [-0.3, -0.25) is 4.79 Å². The van der Waals surface area contributed by atoms with Crippen molar-refractivity contribution in [2.75, 3.05) is 0 Å². The third-order valence-corrected chi connectivity index (χ3v) is 2.49. The maximum atomic E-state index is 11.2. The van der Waals surface area contributed by atoms with Gasteiger partial charge in [0.05, 0.1) is 11.8 Å². The monoisotopic (exact) mass is 232 g/mol. The molecule has 0 radical (unpaired) electrons. The van der Waals surface area contributed by atoms with Crippen molar-refractivity contribution in [3.8, 4) is 0 Å². The number of nitrogens with one attached hydrogen (secondary N) is 1. The number of hydrogen-bond donors (Lipinski definition) is 2. The number of carbonyl (C=O) groups is 2. The molecule has 0 aliphatic heterocycles. The van der Waals surface area contributed by atoms with E-state index < -0.39 is 5.97 Å². The Hall–Kier alpha value is -2.17. The lowest BCUT2D eigenvalue weighted by Crippen LogP contribution is -2.18. The first-order valence-corrected chi connectivity index (χ1v) is 5.33. The van der Waals surface area contributed by atoms with Crippen LogP contribution < -0.4 is 5.43 Å². The molecule has 0 aromatic heterocycles. The van der Waals surface area contributed by atoms with Crippen LogP contribution in [0.3, 0.4) is 0 Å². The number of aromatic carboxylic acids is 1. The molecule has 1 saturated carbocycles. The van der Waals surface area contributed by atoms with Gasteiger partial charge in [0.2, 0.25) is 5.91 Å². The maximum Gasteiger partial charge on any atom is 0.335 e. The molecule has 1 aromatic carbocycles. The third-order valence-electron chi connectivity index (χ3n) is 2.49. The summed E-state index contributed by atoms with van der Waals surface area (Å²) in [6.07, 6.45) is 3.37. The molecular weight excluding hydrogens is 220 g/mol. The van der Waals surface area contributed by atoms with Crippen molar-refractivity contribution in [2.24, 2.45) is 11.0 Å². The Kier molecular flexibility index (Phi) is 3.18. The van der Waals surface area contributed by atoms with E-state index in [0.29, 0.717) is 0 Å². The first-order chi connectivity index (χ1) is 8.16. The molecule has 0 saturated heterocycles. The summed E-state index contributed by atoms with van der Waals surface area (Å²) < 4.78 is 0. The van der Waals surface area contributed by atoms with Gasteiger partial charge < -0.3 is 5.11 Å². The van der Waals surface area contributed by atoms with Crippen LogP contribution in [0.4, 0.5) is 0 Å². The van der Waals surface area contributed by atoms with Crippen LogP contribution in [0.15, 0.2) is 29.4 Å². The summed E-state index contributed by atoms with van der Waals surface area (Å²) in [5.74, 6) is -0.888. The summed E-state index contributed by atoms with van der Waals surface area (Å²) in [5.41, 5.74) is 3.41. The second-order valence-corrected chi connectivity index (χ2v) is 3.94. The predicted molar refractivity (Wildman–Crippen MR) is 61.9 cm³/mol. The van der Waals surface area contributed by atoms with Crippen LogP contribution in [0.25, 0.3) is 0 Å². The van der Waals surface area contributed by atoms with E-state index in [4.69, 9.17) is 5.11 Å². The Labute approximate surface area is 98.1 Å². The Bertz CT molecular complexity index is 461. The average Bonchev–Trinajstić information content (AvgIpc) is 3.13. The summed E-state index contributed by atoms with van der Waals surface area (Å²) in [7, 11) is 0. The van der Waals surface area contributed by atoms with E-state index in [1.165, 1.54) is 18.3 Å². The molecule has 1 fully saturated rings. The average molecular weight is 232 g/mol. The Morgan fingerprint density at radius 1 is 1.29 bits per heavy atom. The van der Waals surface area contributed by atoms with Gasteiger partial charge in [0.15, 0.2) is 0 Å². The topological polar surface area (TPSA) is 78.8 Å². The highest BCUT2D eigenvalue weighted by molar-refractivity contribution is 5.89. The number of amides is 1. The van der Waals surface area contributed by atoms with Gasteiger partial charge in [-0.25, -0.2) is 10.2 Å². The summed E-state index contributed by atoms with van der Waals surface area (Å²) >= 11 is 0. The molecule has 5 heteroatoms. The number of nitrogens with zero attached hydrogens (tertiary/aromatic N) is 1. The van der Waals surface area contributed by atoms with Crippen molar-refractivity contribution < 1.29 is 14.7 Å². The van der Waals surface area contributed by atoms with Gasteiger partial charge in [-0.1, -0.05) is 12.1 Å². The standard InChI is InChI=1S/C12H12N2O3/c15-11(9-5-6-9)14-13-7-8-1-3-10(4-2-8)12(16)17/h1-4,7,9H,5-6H2,(H,14,15)(H,16,17). The van der Waals surface area contributed by atoms with Crippen molar-refractivity contribution >= 4 is 18.1 Å². The lowest BCUT2D eigenvalue weighted by atomic mass is 10.1. The molecule has 0 atom stereocenters. The van der Waals surface area contributed by atoms with E-state index in [2.05, 4.69) is 10.5 Å². The number of hydrazone groups is 1. The molecule has 0 bridgehead atoms. The third kappa shape index (κ3) is 3.14. The quantitative estimate of drug-likeness (QED) is 0.605. The maximum absolute atomic E-state index is 11.2. The van der Waals surface area contributed by atoms with Gasteiger partial charge in [0.1, 0.15) is 0 Å². The molecule has 1 aromatic rings. The van der Waals surface area contributed by atoms with Gasteiger partial charge >= 0.3 is 5.97 Å². The molecule has 88 valence electrons. The lowest BCUT2D eigenvalue weighted by Gasteiger charge is -1.97. The number of carbonyl (C=O) groups excluding carboxylic acids is 1. The number of carboxylic acid groups (broad SMARTS) is 1. The van der Waals surface area contributed by atoms with Crippen LogP contribution in [0, 0.1) is 5.92 Å². The smallest absolute Gasteiger partial charge is 0.335 e. The zero-order valence-electron chi connectivity index (χ0n) is 9.09. The van der Waals surface area contributed by atoms with Crippen LogP contribution in [0.1, 0.15) is 28.8 Å². The van der Waals surface area contributed by atoms with Gasteiger partial charge in [-0.2, -0.15) is 5.10 Å². The van der Waals surface area contributed by atoms with Crippen LogP contribution in [0.5, 0.6) is 0 Å². The molecule has 2 N–H and O–H groups in total. The second-order valence-electron chi connectivity index (χ2n) is 3.94. The number of hydrogen-bond acceptors (Lipinski definition) is 3. The van der Waals surface area contributed by atoms with Crippen LogP contribution >= 0.6 is 0 Å². The van der Waals surface area contributed by atoms with E-state index in [-0.39, 0.29) is 17.4 Å². The zero-order valence-corrected chi connectivity index (χ0v) is 9.09. The molecule has 1 aliphatic carbocycles. The summed E-state index contributed by atoms with van der Waals surface area (Å²) in [5, 5.41) is 12.5. The summed E-state index contributed by atoms with van der Waals surface area (Å²) in [6, 6.07) is 6.26. The van der Waals surface area contributed by atoms with Gasteiger partial charge in [0.25, 0.3) is 0 Å². The Morgan fingerprint density at radius 2 is 1.94 bits per heavy atom. The Morgan fingerprint density at radius 3 is 2.47 bits per heavy atom. The molecule has 0 unspecified atom stereocenters. The second kappa shape index (κ2) is 4.78. The van der Waals surface area contributed by atoms with Gasteiger partial charge in [0, 0.05) is 5.92 Å². The van der Waals surface area contributed by atoms with E-state index in [1.807, 2.05) is 0 Å². The molecule has 1 aliphatic rings. The lowest BCUT2D eigenvalue weighted by molar-refractivity contribution is -0.122. The number of benzene rings is 1. The number of rotatable bonds is 4. The molecule has 5 nitrogen and oxygen atoms in total. The highest BCUT2D eigenvalue weighted by atomic mass is 16.4. The SMILES string of the molecule is O=C(O)c1ccc(C=NNC(=O)C2CC2)cc1. The van der Waals surface area contributed by atoms with E-state index >= 15 is 0 Å². The highest BCUT2D eigenvalue weighted by Crippen LogP contribution is 2.28. The molecule has 2 rings (SSSR count). The van der Waals surface area contributed by atoms with Gasteiger partial charge in [-0.15, -0.1) is 0 Å². The fourth-order valence-electron chi connectivity index (χ4n) is 1.32. The minimum absolute atomic E-state index is 0.0524. The minimum atomic E-state index is -0.962. The van der Waals surface area contributed by atoms with E-state index in [1.54, 1.807) is 12.1 Å². The summed E-state index contributed by atoms with van der Waals surface area (Å²) in [4.78, 5) is 21.8. The molecule has 17 heavy (non-hydrogen) atoms. The molecule has 1 amide bonds. The molecule has 0 heterocycles. The fraction of sp³-hybridized carbons (Fsp3) is 0.250. The Balaban J connectivity index is 1.91. The van der Waals surface area contributed by atoms with Crippen molar-refractivity contribution in [3.05, 3.63) is 35.4 Å². The van der Waals surface area contributed by atoms with Gasteiger partial charge in [-0.05, 0) is 30.5 Å². The van der Waals surface area contributed by atoms with Crippen LogP contribution in [-0.4, -0.2) is 23.2 Å². The predicted octanol–water partition coefficient (Wildman–Crippen LogP) is 1.24. The van der Waals surface area contributed by atoms with Crippen molar-refractivity contribution in [1.29, 1.82) is 0 Å². The molecular formula is C12H12N2O3.